The van der Waals surface area contributed by atoms with Gasteiger partial charge in [-0.2, -0.15) is 5.26 Å². The van der Waals surface area contributed by atoms with Gasteiger partial charge in [-0.05, 0) is 43.5 Å². The van der Waals surface area contributed by atoms with Crippen LogP contribution >= 0.6 is 0 Å². The van der Waals surface area contributed by atoms with Crippen molar-refractivity contribution < 1.29 is 14.6 Å². The summed E-state index contributed by atoms with van der Waals surface area (Å²) in [5.41, 5.74) is 1.13. The van der Waals surface area contributed by atoms with E-state index in [2.05, 4.69) is 16.4 Å². The molecule has 0 radical (unpaired) electrons. The van der Waals surface area contributed by atoms with Crippen molar-refractivity contribution in [1.82, 2.24) is 15.0 Å². The smallest absolute Gasteiger partial charge is 0.185 e. The monoisotopic (exact) mass is 316 g/mol. The van der Waals surface area contributed by atoms with E-state index in [4.69, 9.17) is 19.8 Å². The van der Waals surface area contributed by atoms with Crippen LogP contribution in [0.4, 0.5) is 0 Å². The highest BCUT2D eigenvalue weighted by atomic mass is 16.5. The van der Waals surface area contributed by atoms with E-state index < -0.39 is 0 Å². The van der Waals surface area contributed by atoms with Crippen molar-refractivity contribution in [2.75, 3.05) is 20.3 Å². The Morgan fingerprint density at radius 2 is 1.96 bits per heavy atom. The fourth-order valence-electron chi connectivity index (χ4n) is 2.17. The van der Waals surface area contributed by atoms with Gasteiger partial charge in [0.05, 0.1) is 19.4 Å². The number of hydrogen-bond donors (Lipinski definition) is 1. The number of hydrogen-bond acceptors (Lipinski definition) is 6. The van der Waals surface area contributed by atoms with Gasteiger partial charge in [-0.25, -0.2) is 4.68 Å². The number of nitrogens with zero attached hydrogens (tertiary/aromatic N) is 4. The minimum Gasteiger partial charge on any atom is -0.497 e. The summed E-state index contributed by atoms with van der Waals surface area (Å²) in [6.07, 6.45) is 1.98. The Balaban J connectivity index is 1.85. The van der Waals surface area contributed by atoms with Gasteiger partial charge in [-0.1, -0.05) is 5.21 Å². The second-order valence-electron chi connectivity index (χ2n) is 4.92. The Morgan fingerprint density at radius 1 is 1.22 bits per heavy atom. The molecule has 0 saturated heterocycles. The van der Waals surface area contributed by atoms with Gasteiger partial charge in [0.2, 0.25) is 0 Å². The van der Waals surface area contributed by atoms with Crippen molar-refractivity contribution in [3.05, 3.63) is 35.7 Å². The molecule has 1 aromatic heterocycles. The fourth-order valence-corrected chi connectivity index (χ4v) is 2.17. The predicted molar refractivity (Wildman–Crippen MR) is 83.2 cm³/mol. The summed E-state index contributed by atoms with van der Waals surface area (Å²) in [4.78, 5) is 0. The van der Waals surface area contributed by atoms with Gasteiger partial charge in [0, 0.05) is 13.2 Å². The Labute approximate surface area is 135 Å². The Morgan fingerprint density at radius 3 is 2.61 bits per heavy atom. The highest BCUT2D eigenvalue weighted by Crippen LogP contribution is 2.17. The van der Waals surface area contributed by atoms with Crippen LogP contribution in [0.5, 0.6) is 11.5 Å². The number of ether oxygens (including phenoxy) is 2. The van der Waals surface area contributed by atoms with Crippen LogP contribution in [0.1, 0.15) is 24.2 Å². The summed E-state index contributed by atoms with van der Waals surface area (Å²) >= 11 is 0. The first-order valence-electron chi connectivity index (χ1n) is 7.48. The van der Waals surface area contributed by atoms with E-state index in [0.29, 0.717) is 31.7 Å². The van der Waals surface area contributed by atoms with Crippen molar-refractivity contribution in [2.24, 2.45) is 0 Å². The second kappa shape index (κ2) is 8.76. The van der Waals surface area contributed by atoms with Gasteiger partial charge < -0.3 is 14.6 Å². The quantitative estimate of drug-likeness (QED) is 0.706. The van der Waals surface area contributed by atoms with Gasteiger partial charge in [0.15, 0.2) is 5.69 Å². The first-order chi connectivity index (χ1) is 11.3. The summed E-state index contributed by atoms with van der Waals surface area (Å²) in [6.45, 7) is 1.17. The highest BCUT2D eigenvalue weighted by molar-refractivity contribution is 5.31. The van der Waals surface area contributed by atoms with Crippen LogP contribution in [0, 0.1) is 11.3 Å². The molecule has 0 aliphatic carbocycles. The number of aryl methyl sites for hydroxylation is 1. The molecule has 1 heterocycles. The fraction of sp³-hybridized carbons (Fsp3) is 0.438. The molecule has 7 heteroatoms. The molecule has 0 bridgehead atoms. The predicted octanol–water partition coefficient (Wildman–Crippen LogP) is 1.55. The highest BCUT2D eigenvalue weighted by Gasteiger charge is 2.12. The molecule has 0 spiro atoms. The van der Waals surface area contributed by atoms with Gasteiger partial charge >= 0.3 is 0 Å². The maximum atomic E-state index is 9.08. The van der Waals surface area contributed by atoms with E-state index >= 15 is 0 Å². The largest absolute Gasteiger partial charge is 0.497 e. The van der Waals surface area contributed by atoms with Crippen LogP contribution in [0.3, 0.4) is 0 Å². The molecule has 122 valence electrons. The van der Waals surface area contributed by atoms with Gasteiger partial charge in [0.25, 0.3) is 0 Å². The minimum absolute atomic E-state index is 0.0851. The number of aliphatic hydroxyl groups is 1. The molecule has 2 aromatic rings. The van der Waals surface area contributed by atoms with Crippen molar-refractivity contribution in [3.8, 4) is 17.6 Å². The molecule has 0 fully saturated rings. The normalized spacial score (nSPS) is 10.3. The zero-order valence-electron chi connectivity index (χ0n) is 13.1. The number of methoxy groups -OCH3 is 1. The Hall–Kier alpha value is -2.59. The zero-order chi connectivity index (χ0) is 16.5. The maximum Gasteiger partial charge on any atom is 0.185 e. The van der Waals surface area contributed by atoms with Crippen molar-refractivity contribution in [1.29, 1.82) is 5.26 Å². The van der Waals surface area contributed by atoms with E-state index in [1.165, 1.54) is 0 Å². The van der Waals surface area contributed by atoms with Gasteiger partial charge in [-0.3, -0.25) is 0 Å². The third-order valence-electron chi connectivity index (χ3n) is 3.36. The topological polar surface area (TPSA) is 93.2 Å². The summed E-state index contributed by atoms with van der Waals surface area (Å²) in [5, 5.41) is 25.8. The van der Waals surface area contributed by atoms with Gasteiger partial charge in [0.1, 0.15) is 17.6 Å². The van der Waals surface area contributed by atoms with Crippen LogP contribution in [-0.2, 0) is 13.0 Å². The maximum absolute atomic E-state index is 9.08. The van der Waals surface area contributed by atoms with E-state index in [0.717, 1.165) is 23.6 Å². The molecular weight excluding hydrogens is 296 g/mol. The van der Waals surface area contributed by atoms with Crippen molar-refractivity contribution in [3.63, 3.8) is 0 Å². The molecule has 0 aliphatic heterocycles. The lowest BCUT2D eigenvalue weighted by Gasteiger charge is -2.08. The first-order valence-corrected chi connectivity index (χ1v) is 7.48. The van der Waals surface area contributed by atoms with Crippen LogP contribution in [-0.4, -0.2) is 40.4 Å². The number of aromatic nitrogens is 3. The molecule has 7 nitrogen and oxygen atoms in total. The summed E-state index contributed by atoms with van der Waals surface area (Å²) in [7, 11) is 1.62. The molecule has 1 aromatic carbocycles. The van der Waals surface area contributed by atoms with Crippen molar-refractivity contribution >= 4 is 0 Å². The second-order valence-corrected chi connectivity index (χ2v) is 4.92. The lowest BCUT2D eigenvalue weighted by molar-refractivity contribution is 0.274. The van der Waals surface area contributed by atoms with Crippen molar-refractivity contribution in [2.45, 2.75) is 25.8 Å². The molecule has 0 atom stereocenters. The van der Waals surface area contributed by atoms with Crippen LogP contribution in [0.25, 0.3) is 0 Å². The molecule has 0 aliphatic rings. The molecule has 2 rings (SSSR count). The lowest BCUT2D eigenvalue weighted by atomic mass is 10.2. The molecule has 23 heavy (non-hydrogen) atoms. The first kappa shape index (κ1) is 16.8. The third-order valence-corrected chi connectivity index (χ3v) is 3.36. The van der Waals surface area contributed by atoms with Gasteiger partial charge in [-0.15, -0.1) is 5.10 Å². The SMILES string of the molecule is COc1ccc(OCCCc2c(C#N)nnn2CCCO)cc1. The van der Waals surface area contributed by atoms with Crippen LogP contribution in [0.15, 0.2) is 24.3 Å². The number of rotatable bonds is 9. The Kier molecular flexibility index (Phi) is 6.39. The van der Waals surface area contributed by atoms with E-state index in [-0.39, 0.29) is 6.61 Å². The Bertz CT molecular complexity index is 646. The van der Waals surface area contributed by atoms with Crippen LogP contribution in [0.2, 0.25) is 0 Å². The summed E-state index contributed by atoms with van der Waals surface area (Å²) < 4.78 is 12.4. The van der Waals surface area contributed by atoms with E-state index in [1.807, 2.05) is 24.3 Å². The number of nitriles is 1. The molecular formula is C16H20N4O3. The molecule has 0 unspecified atom stereocenters. The standard InChI is InChI=1S/C16H20N4O3/c1-22-13-5-7-14(8-6-13)23-11-2-4-16-15(12-17)18-19-20(16)9-3-10-21/h5-8,21H,2-4,9-11H2,1H3. The van der Waals surface area contributed by atoms with Crippen LogP contribution < -0.4 is 9.47 Å². The zero-order valence-corrected chi connectivity index (χ0v) is 13.1. The molecule has 0 saturated carbocycles. The average Bonchev–Trinajstić information content (AvgIpc) is 2.99. The summed E-state index contributed by atoms with van der Waals surface area (Å²) in [5.74, 6) is 1.56. The number of aliphatic hydroxyl groups excluding tert-OH is 1. The van der Waals surface area contributed by atoms with E-state index in [1.54, 1.807) is 11.8 Å². The average molecular weight is 316 g/mol. The molecule has 1 N–H and O–H groups in total. The lowest BCUT2D eigenvalue weighted by Crippen LogP contribution is -2.09. The third kappa shape index (κ3) is 4.69. The minimum atomic E-state index is 0.0851. The summed E-state index contributed by atoms with van der Waals surface area (Å²) in [6, 6.07) is 9.45. The number of benzene rings is 1. The molecule has 0 amide bonds. The van der Waals surface area contributed by atoms with E-state index in [9.17, 15) is 0 Å².